The van der Waals surface area contributed by atoms with E-state index in [9.17, 15) is 57.0 Å². The van der Waals surface area contributed by atoms with Gasteiger partial charge in [0.2, 0.25) is 35.6 Å². The monoisotopic (exact) mass is 2200 g/mol. The van der Waals surface area contributed by atoms with Gasteiger partial charge in [-0.05, 0) is 73.2 Å². The van der Waals surface area contributed by atoms with Gasteiger partial charge in [0.15, 0.2) is 11.6 Å². The molecule has 149 heavy (non-hydrogen) atoms. The number of pyridine rings is 4. The molecule has 9 aromatic heterocycles. The number of aryl methyl sites for hydroxylation is 4. The van der Waals surface area contributed by atoms with Gasteiger partial charge in [0.25, 0.3) is 28.2 Å². The molecule has 0 radical (unpaired) electrons. The van der Waals surface area contributed by atoms with Gasteiger partial charge < -0.3 is 79.8 Å². The number of H-pyrrole nitrogens is 1. The summed E-state index contributed by atoms with van der Waals surface area (Å²) < 4.78 is 76.4. The molecule has 39 nitrogen and oxygen atoms in total. The van der Waals surface area contributed by atoms with Crippen molar-refractivity contribution in [1.82, 2.24) is 79.0 Å². The first kappa shape index (κ1) is 110. The van der Waals surface area contributed by atoms with Crippen molar-refractivity contribution in [1.29, 1.82) is 0 Å². The van der Waals surface area contributed by atoms with Crippen LogP contribution in [-0.2, 0) is 52.2 Å². The van der Waals surface area contributed by atoms with Crippen molar-refractivity contribution in [3.05, 3.63) is 218 Å². The van der Waals surface area contributed by atoms with Crippen molar-refractivity contribution >= 4 is 196 Å². The van der Waals surface area contributed by atoms with E-state index in [1.807, 2.05) is 6.07 Å². The Balaban J connectivity index is 0.000000157. The zero-order valence-electron chi connectivity index (χ0n) is 81.9. The molecular weight excluding hydrogens is 2100 g/mol. The second-order valence-corrected chi connectivity index (χ2v) is 37.8. The van der Waals surface area contributed by atoms with Gasteiger partial charge in [0.1, 0.15) is 80.2 Å². The van der Waals surface area contributed by atoms with Crippen LogP contribution in [0.3, 0.4) is 0 Å². The van der Waals surface area contributed by atoms with E-state index in [-0.39, 0.29) is 210 Å². The summed E-state index contributed by atoms with van der Waals surface area (Å²) in [6.07, 6.45) is 12.7. The zero-order chi connectivity index (χ0) is 108. The van der Waals surface area contributed by atoms with Crippen LogP contribution in [0.15, 0.2) is 155 Å². The maximum Gasteiger partial charge on any atom is 0.259 e. The average molecular weight is 2200 g/mol. The maximum absolute atomic E-state index is 14.1. The predicted octanol–water partition coefficient (Wildman–Crippen LogP) is 15.5. The molecule has 2 amide bonds. The third-order valence-electron chi connectivity index (χ3n) is 25.7. The Morgan fingerprint density at radius 2 is 0.718 bits per heavy atom. The highest BCUT2D eigenvalue weighted by atomic mass is 35.5. The molecule has 4 aromatic carbocycles. The fraction of sp³-hybridized carbons (Fsp3) is 0.320. The summed E-state index contributed by atoms with van der Waals surface area (Å²) in [6, 6.07) is 12.2. The van der Waals surface area contributed by atoms with E-state index in [0.717, 1.165) is 11.9 Å². The minimum absolute atomic E-state index is 0.0578. The molecule has 4 aliphatic rings. The molecule has 3 saturated carbocycles. The number of methoxy groups -OCH3 is 8. The SMILES string of the molecule is C=CC(=O)CC1CC(=O)CC1Nc1ncc2cc(-c3c(Cl)c(OC)cc(OC)c3Cl)c(=O)n(C)c2n1.C=CC(=O)CC1CC(F)(F)CC1Nc1ncc2cc(-c3c(Cl)c(OC)cc(OC)c3Cl)c(=O)n(C)c2n1.C=CC(=O)NC1CC(O)CC1Nc1ncc2cc(-c3c(Cl)c(OC)cc(OC)c3Cl)c(=O)n(C)c2n1.C=CC(=O)N[C@H]1CN(c2ccn[nH]2)C[C@H]1Nc1ncc2cc(-c3c(Cl)c(OC)cc(OC)c3Cl)c(=O)n(C)c2n1. The summed E-state index contributed by atoms with van der Waals surface area (Å²) >= 11 is 52.3. The first-order valence-electron chi connectivity index (χ1n) is 45.5. The van der Waals surface area contributed by atoms with Crippen molar-refractivity contribution in [3.63, 3.8) is 0 Å². The van der Waals surface area contributed by atoms with E-state index >= 15 is 0 Å². The van der Waals surface area contributed by atoms with E-state index in [2.05, 4.69) is 113 Å². The highest BCUT2D eigenvalue weighted by molar-refractivity contribution is 6.43. The number of allylic oxidation sites excluding steroid dienone is 2. The van der Waals surface area contributed by atoms with E-state index in [1.54, 1.807) is 88.4 Å². The number of halogens is 10. The fourth-order valence-corrected chi connectivity index (χ4v) is 21.0. The minimum Gasteiger partial charge on any atom is -0.495 e. The van der Waals surface area contributed by atoms with Crippen molar-refractivity contribution in [2.75, 3.05) is 96.1 Å². The highest BCUT2D eigenvalue weighted by Gasteiger charge is 2.48. The van der Waals surface area contributed by atoms with Crippen LogP contribution in [-0.4, -0.2) is 221 Å². The Kier molecular flexibility index (Phi) is 34.9. The lowest BCUT2D eigenvalue weighted by Gasteiger charge is -2.21. The van der Waals surface area contributed by atoms with Crippen molar-refractivity contribution in [2.45, 2.75) is 99.6 Å². The van der Waals surface area contributed by atoms with Gasteiger partial charge in [0, 0.05) is 191 Å². The number of amides is 2. The van der Waals surface area contributed by atoms with Gasteiger partial charge in [-0.3, -0.25) is 66.5 Å². The van der Waals surface area contributed by atoms with E-state index in [1.165, 1.54) is 113 Å². The van der Waals surface area contributed by atoms with E-state index in [0.29, 0.717) is 111 Å². The van der Waals surface area contributed by atoms with Crippen LogP contribution in [0, 0.1) is 11.8 Å². The van der Waals surface area contributed by atoms with Crippen LogP contribution < -0.4 is 96.9 Å². The molecular formula is C100H99Cl8F2N21O18. The normalized spacial score (nSPS) is 17.9. The number of benzene rings is 4. The number of aliphatic hydroxyl groups excluding tert-OH is 1. The lowest BCUT2D eigenvalue weighted by Crippen LogP contribution is -2.45. The number of carbonyl (C=O) groups excluding carboxylic acids is 5. The number of anilines is 5. The molecule has 10 heterocycles. The van der Waals surface area contributed by atoms with Gasteiger partial charge in [-0.2, -0.15) is 25.0 Å². The van der Waals surface area contributed by atoms with Crippen LogP contribution in [0.1, 0.15) is 51.4 Å². The number of rotatable bonds is 31. The number of hydrogen-bond acceptors (Lipinski definition) is 32. The number of hydrogen-bond donors (Lipinski definition) is 8. The molecule has 3 aliphatic carbocycles. The number of Topliss-reactive ketones (excluding diaryl/α,β-unsaturated/α-hetero) is 1. The van der Waals surface area contributed by atoms with Gasteiger partial charge in [-0.15, -0.1) is 0 Å². The Labute approximate surface area is 888 Å². The number of alkyl halides is 2. The smallest absolute Gasteiger partial charge is 0.259 e. The summed E-state index contributed by atoms with van der Waals surface area (Å²) in [5.74, 6) is -0.613. The zero-order valence-corrected chi connectivity index (χ0v) is 88.0. The second kappa shape index (κ2) is 47.0. The summed E-state index contributed by atoms with van der Waals surface area (Å²) in [4.78, 5) is 151. The minimum atomic E-state index is -2.92. The summed E-state index contributed by atoms with van der Waals surface area (Å²) in [6.45, 7) is 15.0. The summed E-state index contributed by atoms with van der Waals surface area (Å²) in [7, 11) is 17.9. The Hall–Kier alpha value is -14.3. The molecule has 782 valence electrons. The number of nitrogens with zero attached hydrogens (tertiary/aromatic N) is 14. The van der Waals surface area contributed by atoms with E-state index < -0.39 is 53.5 Å². The molecule has 1 aliphatic heterocycles. The average Bonchev–Trinajstić information content (AvgIpc) is 1.79. The quantitative estimate of drug-likeness (QED) is 0.0187. The Morgan fingerprint density at radius 1 is 0.416 bits per heavy atom. The number of nitrogens with one attached hydrogen (secondary N) is 7. The number of aromatic nitrogens is 14. The molecule has 8 N–H and O–H groups in total. The van der Waals surface area contributed by atoms with Crippen molar-refractivity contribution in [2.24, 2.45) is 40.0 Å². The van der Waals surface area contributed by atoms with Gasteiger partial charge >= 0.3 is 0 Å². The molecule has 0 bridgehead atoms. The Bertz CT molecular complexity index is 7660. The number of ether oxygens (including phenoxy) is 8. The molecule has 7 unspecified atom stereocenters. The van der Waals surface area contributed by atoms with Crippen LogP contribution in [0.25, 0.3) is 88.6 Å². The molecule has 0 spiro atoms. The molecule has 9 atom stereocenters. The van der Waals surface area contributed by atoms with Gasteiger partial charge in [-0.25, -0.2) is 28.7 Å². The third-order valence-corrected chi connectivity index (χ3v) is 28.7. The number of aromatic amines is 1. The summed E-state index contributed by atoms with van der Waals surface area (Å²) in [5.41, 5.74) is 1.71. The first-order chi connectivity index (χ1) is 71.1. The van der Waals surface area contributed by atoms with Crippen LogP contribution in [0.4, 0.5) is 38.4 Å². The lowest BCUT2D eigenvalue weighted by atomic mass is 9.97. The molecule has 1 saturated heterocycles. The van der Waals surface area contributed by atoms with Crippen LogP contribution in [0.2, 0.25) is 40.2 Å². The van der Waals surface area contributed by atoms with E-state index in [4.69, 9.17) is 131 Å². The first-order valence-corrected chi connectivity index (χ1v) is 48.6. The number of carbonyl (C=O) groups is 5. The van der Waals surface area contributed by atoms with Crippen LogP contribution in [0.5, 0.6) is 46.0 Å². The lowest BCUT2D eigenvalue weighted by molar-refractivity contribution is -0.118. The third kappa shape index (κ3) is 23.4. The molecule has 17 rings (SSSR count). The maximum atomic E-state index is 14.1. The molecule has 4 fully saturated rings. The largest absolute Gasteiger partial charge is 0.495 e. The number of aliphatic hydroxyl groups is 1. The van der Waals surface area contributed by atoms with Crippen LogP contribution >= 0.6 is 92.8 Å². The van der Waals surface area contributed by atoms with Crippen molar-refractivity contribution in [3.8, 4) is 90.5 Å². The van der Waals surface area contributed by atoms with Crippen molar-refractivity contribution < 1.29 is 75.8 Å². The topological polar surface area (TPSA) is 475 Å². The molecule has 49 heteroatoms. The number of fused-ring (bicyclic) bond motifs is 4. The standard InChI is InChI=1S/C26H26Cl2N8O4.C25H24Cl2F2N4O4.C25H24Cl2N4O5.C24H25Cl2N5O5/c1-5-20(37)31-15-11-36(19-6-7-30-34-19)12-16(15)32-26-29-10-13-8-14(25(38)35(2)24(13)33-26)21-22(27)17(39-3)9-18(40-4)23(21)28;1-5-14(34)6-12-9-25(28,29)10-16(12)31-24-30-11-13-7-15(23(35)33(2)22(13)32-24)19-20(26)17(36-3)8-18(37-4)21(19)27;1-5-14(32)6-12-7-15(33)9-17(12)29-25-28-11-13-8-16(24(34)31(2)23(13)30-25)20-21(26)18(35-3)10-19(36-4)22(20)27;1-5-18(33)28-14-7-12(32)8-15(14)29-24-27-10-11-6-13(23(34)31(2)22(11)30-24)19-20(25)16(35-3)9-17(36-4)21(19)26/h5-10,15-16H,1,11-12H2,2-4H3,(H,30,34)(H,31,37)(H,29,32,33);5,7-8,11-12,16H,1,6,9-10H2,2-4H3,(H,30,31,32);5,8,10-12,17H,1,6-7,9H2,2-4H3,(H,28,29,30);5-6,9-10,12,14-15,32H,1,7-8H2,2-4H3,(H,28,33)(H,27,29,30)/t15-,16+;;;/m0.../s1. The van der Waals surface area contributed by atoms with Gasteiger partial charge in [-0.1, -0.05) is 119 Å². The second-order valence-electron chi connectivity index (χ2n) is 34.8. The highest BCUT2D eigenvalue weighted by Crippen LogP contribution is 2.51. The Morgan fingerprint density at radius 3 is 1.03 bits per heavy atom. The predicted molar refractivity (Wildman–Crippen MR) is 568 cm³/mol. The number of ketones is 3. The fourth-order valence-electron chi connectivity index (χ4n) is 18.1. The van der Waals surface area contributed by atoms with Gasteiger partial charge in [0.05, 0.1) is 156 Å². The molecule has 13 aromatic rings. The summed E-state index contributed by atoms with van der Waals surface area (Å²) in [5, 5.41) is 38.9.